The van der Waals surface area contributed by atoms with E-state index in [0.29, 0.717) is 29.0 Å². The Morgan fingerprint density at radius 3 is 2.36 bits per heavy atom. The molecule has 9 heteroatoms. The number of hydrogen-bond donors (Lipinski definition) is 1. The molecule has 1 aliphatic rings. The Morgan fingerprint density at radius 1 is 0.872 bits per heavy atom. The van der Waals surface area contributed by atoms with Crippen LogP contribution in [-0.2, 0) is 4.74 Å². The molecule has 39 heavy (non-hydrogen) atoms. The smallest absolute Gasteiger partial charge is 0.492 e. The summed E-state index contributed by atoms with van der Waals surface area (Å²) in [7, 11) is 0. The molecule has 6 nitrogen and oxygen atoms in total. The predicted octanol–water partition coefficient (Wildman–Crippen LogP) is 6.37. The van der Waals surface area contributed by atoms with E-state index < -0.39 is 6.36 Å². The summed E-state index contributed by atoms with van der Waals surface area (Å²) in [5, 5.41) is 4.74. The van der Waals surface area contributed by atoms with Gasteiger partial charge in [-0.1, -0.05) is 48.5 Å². The highest BCUT2D eigenvalue weighted by Crippen LogP contribution is 2.32. The molecule has 4 aromatic carbocycles. The molecule has 0 aliphatic carbocycles. The highest BCUT2D eigenvalue weighted by atomic mass is 19.4. The lowest BCUT2D eigenvalue weighted by Gasteiger charge is -2.26. The van der Waals surface area contributed by atoms with Crippen molar-refractivity contribution in [2.75, 3.05) is 44.8 Å². The average Bonchev–Trinajstić information content (AvgIpc) is 2.94. The molecule has 1 heterocycles. The van der Waals surface area contributed by atoms with E-state index in [2.05, 4.69) is 15.0 Å². The highest BCUT2D eigenvalue weighted by molar-refractivity contribution is 6.10. The van der Waals surface area contributed by atoms with E-state index in [0.717, 1.165) is 49.4 Å². The average molecular weight is 537 g/mol. The second-order valence-electron chi connectivity index (χ2n) is 9.07. The maximum Gasteiger partial charge on any atom is 0.573 e. The number of morpholine rings is 1. The molecule has 0 radical (unpaired) electrons. The maximum atomic E-state index is 13.2. The number of benzene rings is 4. The van der Waals surface area contributed by atoms with E-state index >= 15 is 0 Å². The molecule has 1 aliphatic heterocycles. The van der Waals surface area contributed by atoms with Crippen molar-refractivity contribution in [2.24, 2.45) is 0 Å². The third-order valence-electron chi connectivity index (χ3n) is 6.45. The van der Waals surface area contributed by atoms with Crippen molar-refractivity contribution >= 4 is 22.4 Å². The molecular weight excluding hydrogens is 509 g/mol. The van der Waals surface area contributed by atoms with Gasteiger partial charge in [0.1, 0.15) is 18.1 Å². The summed E-state index contributed by atoms with van der Waals surface area (Å²) in [4.78, 5) is 15.5. The topological polar surface area (TPSA) is 60.0 Å². The van der Waals surface area contributed by atoms with Crippen molar-refractivity contribution in [1.29, 1.82) is 0 Å². The van der Waals surface area contributed by atoms with Crippen LogP contribution in [-0.4, -0.2) is 56.6 Å². The van der Waals surface area contributed by atoms with Crippen LogP contribution in [0.3, 0.4) is 0 Å². The van der Waals surface area contributed by atoms with Crippen LogP contribution in [0.5, 0.6) is 11.5 Å². The fourth-order valence-corrected chi connectivity index (χ4v) is 4.50. The maximum absolute atomic E-state index is 13.2. The summed E-state index contributed by atoms with van der Waals surface area (Å²) in [6.45, 7) is 4.63. The van der Waals surface area contributed by atoms with Crippen LogP contribution >= 0.6 is 0 Å². The Morgan fingerprint density at radius 2 is 1.62 bits per heavy atom. The first-order chi connectivity index (χ1) is 18.9. The van der Waals surface area contributed by atoms with E-state index in [1.54, 1.807) is 24.3 Å². The van der Waals surface area contributed by atoms with Crippen LogP contribution in [0, 0.1) is 0 Å². The van der Waals surface area contributed by atoms with E-state index in [1.807, 2.05) is 36.4 Å². The Kier molecular flexibility index (Phi) is 7.99. The zero-order valence-electron chi connectivity index (χ0n) is 21.0. The van der Waals surface area contributed by atoms with Gasteiger partial charge < -0.3 is 19.5 Å². The lowest BCUT2D eigenvalue weighted by Crippen LogP contribution is -2.38. The molecule has 1 fully saturated rings. The van der Waals surface area contributed by atoms with Crippen LogP contribution in [0.25, 0.3) is 21.9 Å². The van der Waals surface area contributed by atoms with Crippen molar-refractivity contribution in [3.63, 3.8) is 0 Å². The number of amides is 1. The third kappa shape index (κ3) is 6.87. The minimum atomic E-state index is -4.75. The van der Waals surface area contributed by atoms with Crippen LogP contribution in [0.15, 0.2) is 84.9 Å². The number of carbonyl (C=O) groups is 1. The van der Waals surface area contributed by atoms with E-state index in [-0.39, 0.29) is 11.7 Å². The number of halogens is 3. The van der Waals surface area contributed by atoms with Crippen LogP contribution < -0.4 is 14.8 Å². The fraction of sp³-hybridized carbons (Fsp3) is 0.233. The monoisotopic (exact) mass is 536 g/mol. The third-order valence-corrected chi connectivity index (χ3v) is 6.45. The molecular formula is C30H27F3N2O4. The summed E-state index contributed by atoms with van der Waals surface area (Å²) in [5.74, 6) is 0.136. The Labute approximate surface area is 223 Å². The molecule has 5 rings (SSSR count). The number of nitrogens with zero attached hydrogens (tertiary/aromatic N) is 1. The van der Waals surface area contributed by atoms with E-state index in [9.17, 15) is 18.0 Å². The SMILES string of the molecule is O=C(Nc1ccc(OCCN2CCOCC2)c2ccccc12)c1cccc(-c2ccc(OC(F)(F)F)cc2)c1. The number of carbonyl (C=O) groups excluding carboxylic acids is 1. The summed E-state index contributed by atoms with van der Waals surface area (Å²) in [5.41, 5.74) is 2.41. The van der Waals surface area contributed by atoms with Gasteiger partial charge in [0.2, 0.25) is 0 Å². The zero-order chi connectivity index (χ0) is 27.2. The van der Waals surface area contributed by atoms with Gasteiger partial charge in [0.25, 0.3) is 5.91 Å². The minimum Gasteiger partial charge on any atom is -0.492 e. The van der Waals surface area contributed by atoms with Gasteiger partial charge >= 0.3 is 6.36 Å². The first-order valence-electron chi connectivity index (χ1n) is 12.6. The van der Waals surface area contributed by atoms with Crippen LogP contribution in [0.2, 0.25) is 0 Å². The predicted molar refractivity (Wildman–Crippen MR) is 143 cm³/mol. The van der Waals surface area contributed by atoms with E-state index in [1.165, 1.54) is 24.3 Å². The number of hydrogen-bond acceptors (Lipinski definition) is 5. The molecule has 0 bridgehead atoms. The molecule has 1 saturated heterocycles. The quantitative estimate of drug-likeness (QED) is 0.284. The second-order valence-corrected chi connectivity index (χ2v) is 9.07. The van der Waals surface area contributed by atoms with Crippen molar-refractivity contribution < 1.29 is 32.2 Å². The number of alkyl halides is 3. The van der Waals surface area contributed by atoms with Gasteiger partial charge in [0.15, 0.2) is 0 Å². The van der Waals surface area contributed by atoms with Crippen molar-refractivity contribution in [3.8, 4) is 22.6 Å². The van der Waals surface area contributed by atoms with Crippen molar-refractivity contribution in [3.05, 3.63) is 90.5 Å². The van der Waals surface area contributed by atoms with Crippen LogP contribution in [0.1, 0.15) is 10.4 Å². The summed E-state index contributed by atoms with van der Waals surface area (Å²) >= 11 is 0. The first kappa shape index (κ1) is 26.5. The largest absolute Gasteiger partial charge is 0.573 e. The molecule has 0 spiro atoms. The highest BCUT2D eigenvalue weighted by Gasteiger charge is 2.31. The van der Waals surface area contributed by atoms with Gasteiger partial charge in [-0.15, -0.1) is 13.2 Å². The van der Waals surface area contributed by atoms with Gasteiger partial charge in [0.05, 0.1) is 13.2 Å². The molecule has 1 amide bonds. The number of anilines is 1. The van der Waals surface area contributed by atoms with Gasteiger partial charge in [-0.3, -0.25) is 9.69 Å². The Bertz CT molecular complexity index is 1430. The molecule has 202 valence electrons. The van der Waals surface area contributed by atoms with Gasteiger partial charge in [-0.25, -0.2) is 0 Å². The summed E-state index contributed by atoms with van der Waals surface area (Å²) in [6.07, 6.45) is -4.75. The molecule has 0 unspecified atom stereocenters. The summed E-state index contributed by atoms with van der Waals surface area (Å²) in [6, 6.07) is 23.8. The zero-order valence-corrected chi connectivity index (χ0v) is 21.0. The first-order valence-corrected chi connectivity index (χ1v) is 12.6. The normalized spacial score (nSPS) is 14.2. The second kappa shape index (κ2) is 11.8. The van der Waals surface area contributed by atoms with Crippen LogP contribution in [0.4, 0.5) is 18.9 Å². The Balaban J connectivity index is 1.29. The van der Waals surface area contributed by atoms with Gasteiger partial charge in [-0.05, 0) is 47.5 Å². The van der Waals surface area contributed by atoms with Gasteiger partial charge in [0, 0.05) is 41.7 Å². The summed E-state index contributed by atoms with van der Waals surface area (Å²) < 4.78 is 52.8. The van der Waals surface area contributed by atoms with Gasteiger partial charge in [-0.2, -0.15) is 0 Å². The standard InChI is InChI=1S/C30H27F3N2O4/c31-30(32,33)39-24-10-8-21(9-11-24)22-4-3-5-23(20-22)29(36)34-27-12-13-28(26-7-2-1-6-25(26)27)38-19-16-35-14-17-37-18-15-35/h1-13,20H,14-19H2,(H,34,36). The fourth-order valence-electron chi connectivity index (χ4n) is 4.50. The minimum absolute atomic E-state index is 0.305. The van der Waals surface area contributed by atoms with E-state index in [4.69, 9.17) is 9.47 Å². The molecule has 0 aromatic heterocycles. The van der Waals surface area contributed by atoms with Crippen molar-refractivity contribution in [2.45, 2.75) is 6.36 Å². The molecule has 1 N–H and O–H groups in total. The van der Waals surface area contributed by atoms with Crippen molar-refractivity contribution in [1.82, 2.24) is 4.90 Å². The molecule has 0 atom stereocenters. The lowest BCUT2D eigenvalue weighted by molar-refractivity contribution is -0.274. The lowest BCUT2D eigenvalue weighted by atomic mass is 10.0. The molecule has 4 aromatic rings. The molecule has 0 saturated carbocycles. The number of fused-ring (bicyclic) bond motifs is 1. The number of nitrogens with one attached hydrogen (secondary N) is 1. The number of rotatable bonds is 8. The Hall–Kier alpha value is -4.08. The number of ether oxygens (including phenoxy) is 3.